The highest BCUT2D eigenvalue weighted by atomic mass is 16.5. The van der Waals surface area contributed by atoms with Gasteiger partial charge in [0.25, 0.3) is 5.56 Å². The molecule has 2 aromatic rings. The second-order valence-corrected chi connectivity index (χ2v) is 4.54. The molecule has 0 aliphatic rings. The summed E-state index contributed by atoms with van der Waals surface area (Å²) in [6, 6.07) is 8.52. The van der Waals surface area contributed by atoms with Crippen molar-refractivity contribution < 1.29 is 9.53 Å². The largest absolute Gasteiger partial charge is 0.465 e. The summed E-state index contributed by atoms with van der Waals surface area (Å²) in [5, 5.41) is 0. The third-order valence-corrected chi connectivity index (χ3v) is 3.06. The van der Waals surface area contributed by atoms with Crippen molar-refractivity contribution in [3.63, 3.8) is 0 Å². The average Bonchev–Trinajstić information content (AvgIpc) is 2.41. The van der Waals surface area contributed by atoms with Crippen LogP contribution in [0, 0.1) is 6.92 Å². The van der Waals surface area contributed by atoms with E-state index in [1.807, 2.05) is 13.0 Å². The van der Waals surface area contributed by atoms with Crippen LogP contribution in [0.3, 0.4) is 0 Å². The van der Waals surface area contributed by atoms with Crippen LogP contribution in [0.1, 0.15) is 21.5 Å². The van der Waals surface area contributed by atoms with Gasteiger partial charge in [0, 0.05) is 18.0 Å². The minimum absolute atomic E-state index is 0.122. The Morgan fingerprint density at radius 2 is 2.10 bits per heavy atom. The fraction of sp³-hybridized carbons (Fsp3) is 0.200. The summed E-state index contributed by atoms with van der Waals surface area (Å²) in [7, 11) is 1.30. The predicted octanol–water partition coefficient (Wildman–Crippen LogP) is 1.57. The first kappa shape index (κ1) is 13.9. The Hall–Kier alpha value is -2.56. The summed E-state index contributed by atoms with van der Waals surface area (Å²) in [6.07, 6.45) is 1.70. The number of aromatic nitrogens is 1. The highest BCUT2D eigenvalue weighted by Gasteiger charge is 2.15. The van der Waals surface area contributed by atoms with E-state index in [9.17, 15) is 9.59 Å². The van der Waals surface area contributed by atoms with E-state index in [1.165, 1.54) is 11.7 Å². The number of benzene rings is 1. The maximum Gasteiger partial charge on any atom is 0.340 e. The smallest absolute Gasteiger partial charge is 0.340 e. The zero-order chi connectivity index (χ0) is 14.7. The first-order valence-corrected chi connectivity index (χ1v) is 6.15. The molecule has 20 heavy (non-hydrogen) atoms. The van der Waals surface area contributed by atoms with Gasteiger partial charge in [-0.2, -0.15) is 0 Å². The number of esters is 1. The zero-order valence-corrected chi connectivity index (χ0v) is 11.4. The number of ether oxygens (including phenoxy) is 1. The van der Waals surface area contributed by atoms with E-state index in [0.29, 0.717) is 16.8 Å². The van der Waals surface area contributed by atoms with Crippen LogP contribution in [0.15, 0.2) is 41.3 Å². The average molecular weight is 272 g/mol. The zero-order valence-electron chi connectivity index (χ0n) is 11.4. The van der Waals surface area contributed by atoms with Gasteiger partial charge in [0.1, 0.15) is 0 Å². The number of anilines is 1. The van der Waals surface area contributed by atoms with Crippen LogP contribution in [0.4, 0.5) is 5.69 Å². The number of hydrogen-bond donors (Lipinski definition) is 1. The Balaban J connectivity index is 2.46. The molecule has 0 saturated carbocycles. The van der Waals surface area contributed by atoms with Gasteiger partial charge in [-0.1, -0.05) is 12.1 Å². The third-order valence-electron chi connectivity index (χ3n) is 3.06. The van der Waals surface area contributed by atoms with Gasteiger partial charge in [0.15, 0.2) is 0 Å². The Kier molecular flexibility index (Phi) is 3.89. The molecule has 2 rings (SSSR count). The van der Waals surface area contributed by atoms with Gasteiger partial charge in [-0.15, -0.1) is 0 Å². The molecule has 1 aromatic heterocycles. The fourth-order valence-corrected chi connectivity index (χ4v) is 2.02. The lowest BCUT2D eigenvalue weighted by molar-refractivity contribution is 0.0600. The van der Waals surface area contributed by atoms with Crippen molar-refractivity contribution in [2.45, 2.75) is 13.5 Å². The summed E-state index contributed by atoms with van der Waals surface area (Å²) in [5.41, 5.74) is 7.90. The molecule has 1 heterocycles. The third kappa shape index (κ3) is 2.71. The number of nitrogens with zero attached hydrogens (tertiary/aromatic N) is 1. The number of aryl methyl sites for hydroxylation is 1. The number of carbonyl (C=O) groups is 1. The first-order valence-electron chi connectivity index (χ1n) is 6.15. The molecule has 1 aromatic carbocycles. The van der Waals surface area contributed by atoms with Crippen LogP contribution in [0.2, 0.25) is 0 Å². The molecule has 0 aliphatic carbocycles. The lowest BCUT2D eigenvalue weighted by Gasteiger charge is -2.12. The summed E-state index contributed by atoms with van der Waals surface area (Å²) in [4.78, 5) is 23.7. The maximum absolute atomic E-state index is 11.9. The molecule has 2 N–H and O–H groups in total. The molecular formula is C15H16N2O3. The standard InChI is InChI=1S/C15H16N2O3/c1-10-6-7-17(13(18)8-10)9-11-4-3-5-12(16)14(11)15(19)20-2/h3-8H,9,16H2,1-2H3. The monoisotopic (exact) mass is 272 g/mol. The van der Waals surface area contributed by atoms with Crippen molar-refractivity contribution in [2.24, 2.45) is 0 Å². The van der Waals surface area contributed by atoms with E-state index in [2.05, 4.69) is 0 Å². The molecule has 0 unspecified atom stereocenters. The Labute approximate surface area is 116 Å². The number of nitrogens with two attached hydrogens (primary N) is 1. The number of carbonyl (C=O) groups excluding carboxylic acids is 1. The van der Waals surface area contributed by atoms with Gasteiger partial charge in [-0.3, -0.25) is 4.79 Å². The summed E-state index contributed by atoms with van der Waals surface area (Å²) < 4.78 is 6.26. The normalized spacial score (nSPS) is 10.3. The van der Waals surface area contributed by atoms with Gasteiger partial charge in [0.05, 0.1) is 19.2 Å². The van der Waals surface area contributed by atoms with Crippen LogP contribution in [-0.2, 0) is 11.3 Å². The minimum Gasteiger partial charge on any atom is -0.465 e. The quantitative estimate of drug-likeness (QED) is 0.680. The van der Waals surface area contributed by atoms with Crippen LogP contribution in [0.5, 0.6) is 0 Å². The van der Waals surface area contributed by atoms with Gasteiger partial charge >= 0.3 is 5.97 Å². The van der Waals surface area contributed by atoms with Gasteiger partial charge in [0.2, 0.25) is 0 Å². The molecule has 5 heteroatoms. The van der Waals surface area contributed by atoms with Crippen LogP contribution >= 0.6 is 0 Å². The lowest BCUT2D eigenvalue weighted by atomic mass is 10.1. The Morgan fingerprint density at radius 1 is 1.35 bits per heavy atom. The highest BCUT2D eigenvalue weighted by molar-refractivity contribution is 5.96. The van der Waals surface area contributed by atoms with E-state index < -0.39 is 5.97 Å². The number of hydrogen-bond acceptors (Lipinski definition) is 4. The van der Waals surface area contributed by atoms with Crippen molar-refractivity contribution in [3.05, 3.63) is 63.6 Å². The van der Waals surface area contributed by atoms with Crippen LogP contribution in [-0.4, -0.2) is 17.6 Å². The fourth-order valence-electron chi connectivity index (χ4n) is 2.02. The second kappa shape index (κ2) is 5.61. The maximum atomic E-state index is 11.9. The van der Waals surface area contributed by atoms with Crippen molar-refractivity contribution in [1.82, 2.24) is 4.57 Å². The predicted molar refractivity (Wildman–Crippen MR) is 76.7 cm³/mol. The van der Waals surface area contributed by atoms with Gasteiger partial charge in [-0.25, -0.2) is 4.79 Å². The Morgan fingerprint density at radius 3 is 2.75 bits per heavy atom. The minimum atomic E-state index is -0.502. The van der Waals surface area contributed by atoms with E-state index in [1.54, 1.807) is 30.5 Å². The van der Waals surface area contributed by atoms with Gasteiger partial charge in [-0.05, 0) is 30.2 Å². The summed E-state index contributed by atoms with van der Waals surface area (Å²) in [6.45, 7) is 2.13. The molecule has 0 amide bonds. The van der Waals surface area contributed by atoms with E-state index in [0.717, 1.165) is 5.56 Å². The molecule has 0 fully saturated rings. The van der Waals surface area contributed by atoms with Crippen molar-refractivity contribution in [2.75, 3.05) is 12.8 Å². The molecular weight excluding hydrogens is 256 g/mol. The molecule has 0 aliphatic heterocycles. The lowest BCUT2D eigenvalue weighted by Crippen LogP contribution is -2.21. The van der Waals surface area contributed by atoms with E-state index >= 15 is 0 Å². The number of rotatable bonds is 3. The molecule has 0 spiro atoms. The topological polar surface area (TPSA) is 74.3 Å². The number of pyridine rings is 1. The molecule has 0 radical (unpaired) electrons. The molecule has 0 bridgehead atoms. The van der Waals surface area contributed by atoms with Crippen LogP contribution in [0.25, 0.3) is 0 Å². The summed E-state index contributed by atoms with van der Waals surface area (Å²) >= 11 is 0. The van der Waals surface area contributed by atoms with Crippen molar-refractivity contribution in [3.8, 4) is 0 Å². The number of nitrogen functional groups attached to an aromatic ring is 1. The number of methoxy groups -OCH3 is 1. The van der Waals surface area contributed by atoms with Crippen LogP contribution < -0.4 is 11.3 Å². The van der Waals surface area contributed by atoms with Crippen molar-refractivity contribution >= 4 is 11.7 Å². The highest BCUT2D eigenvalue weighted by Crippen LogP contribution is 2.19. The first-order chi connectivity index (χ1) is 9.52. The van der Waals surface area contributed by atoms with Gasteiger partial charge < -0.3 is 15.0 Å². The molecule has 0 saturated heterocycles. The molecule has 104 valence electrons. The molecule has 0 atom stereocenters. The molecule has 5 nitrogen and oxygen atoms in total. The van der Waals surface area contributed by atoms with E-state index in [-0.39, 0.29) is 12.1 Å². The van der Waals surface area contributed by atoms with E-state index in [4.69, 9.17) is 10.5 Å². The Bertz CT molecular complexity index is 705. The second-order valence-electron chi connectivity index (χ2n) is 4.54. The SMILES string of the molecule is COC(=O)c1c(N)cccc1Cn1ccc(C)cc1=O. The van der Waals surface area contributed by atoms with Crippen molar-refractivity contribution in [1.29, 1.82) is 0 Å². The summed E-state index contributed by atoms with van der Waals surface area (Å²) in [5.74, 6) is -0.502.